The SMILES string of the molecule is C=C(C)CSc1ccc(Br)cn1. The van der Waals surface area contributed by atoms with Crippen LogP contribution in [-0.2, 0) is 0 Å². The van der Waals surface area contributed by atoms with E-state index in [4.69, 9.17) is 0 Å². The number of hydrogen-bond acceptors (Lipinski definition) is 2. The molecule has 0 saturated heterocycles. The molecule has 0 aliphatic heterocycles. The molecule has 12 heavy (non-hydrogen) atoms. The van der Waals surface area contributed by atoms with Crippen molar-refractivity contribution in [3.05, 3.63) is 35.0 Å². The standard InChI is InChI=1S/C9H10BrNS/c1-7(2)6-12-9-4-3-8(10)5-11-9/h3-5H,1,6H2,2H3. The zero-order valence-electron chi connectivity index (χ0n) is 6.88. The lowest BCUT2D eigenvalue weighted by molar-refractivity contribution is 1.12. The van der Waals surface area contributed by atoms with Gasteiger partial charge in [-0.1, -0.05) is 12.2 Å². The van der Waals surface area contributed by atoms with E-state index in [0.717, 1.165) is 15.3 Å². The summed E-state index contributed by atoms with van der Waals surface area (Å²) in [6, 6.07) is 3.99. The molecule has 1 rings (SSSR count). The minimum absolute atomic E-state index is 0.939. The van der Waals surface area contributed by atoms with Gasteiger partial charge in [0.1, 0.15) is 0 Å². The molecule has 0 amide bonds. The lowest BCUT2D eigenvalue weighted by atomic mass is 10.4. The van der Waals surface area contributed by atoms with E-state index < -0.39 is 0 Å². The molecule has 1 heterocycles. The monoisotopic (exact) mass is 243 g/mol. The molecule has 0 unspecified atom stereocenters. The molecule has 64 valence electrons. The molecule has 3 heteroatoms. The van der Waals surface area contributed by atoms with Crippen molar-refractivity contribution >= 4 is 27.7 Å². The van der Waals surface area contributed by atoms with Crippen molar-refractivity contribution in [1.82, 2.24) is 4.98 Å². The van der Waals surface area contributed by atoms with Gasteiger partial charge in [0.25, 0.3) is 0 Å². The fraction of sp³-hybridized carbons (Fsp3) is 0.222. The van der Waals surface area contributed by atoms with Crippen LogP contribution >= 0.6 is 27.7 Å². The minimum Gasteiger partial charge on any atom is -0.249 e. The first-order valence-electron chi connectivity index (χ1n) is 3.57. The van der Waals surface area contributed by atoms with Gasteiger partial charge in [-0.05, 0) is 35.0 Å². The van der Waals surface area contributed by atoms with Gasteiger partial charge in [0, 0.05) is 16.4 Å². The van der Waals surface area contributed by atoms with Crippen LogP contribution < -0.4 is 0 Å². The Kier molecular flexibility index (Phi) is 3.82. The first kappa shape index (κ1) is 9.81. The van der Waals surface area contributed by atoms with Gasteiger partial charge in [0.2, 0.25) is 0 Å². The normalized spacial score (nSPS) is 9.83. The molecule has 0 aromatic carbocycles. The number of hydrogen-bond donors (Lipinski definition) is 0. The molecular weight excluding hydrogens is 234 g/mol. The Morgan fingerprint density at radius 1 is 1.67 bits per heavy atom. The molecule has 0 aliphatic rings. The Bertz CT molecular complexity index is 268. The van der Waals surface area contributed by atoms with E-state index in [2.05, 4.69) is 27.5 Å². The van der Waals surface area contributed by atoms with Gasteiger partial charge in [-0.25, -0.2) is 4.98 Å². The summed E-state index contributed by atoms with van der Waals surface area (Å²) in [5.74, 6) is 0.939. The van der Waals surface area contributed by atoms with Crippen molar-refractivity contribution in [3.8, 4) is 0 Å². The van der Waals surface area contributed by atoms with E-state index in [1.807, 2.05) is 19.1 Å². The summed E-state index contributed by atoms with van der Waals surface area (Å²) < 4.78 is 1.02. The average Bonchev–Trinajstić information content (AvgIpc) is 2.03. The fourth-order valence-electron chi connectivity index (χ4n) is 0.645. The smallest absolute Gasteiger partial charge is 0.0963 e. The number of rotatable bonds is 3. The third-order valence-electron chi connectivity index (χ3n) is 1.17. The summed E-state index contributed by atoms with van der Waals surface area (Å²) in [5, 5.41) is 1.04. The van der Waals surface area contributed by atoms with Crippen molar-refractivity contribution in [1.29, 1.82) is 0 Å². The summed E-state index contributed by atoms with van der Waals surface area (Å²) in [6.45, 7) is 5.85. The maximum Gasteiger partial charge on any atom is 0.0963 e. The van der Waals surface area contributed by atoms with Gasteiger partial charge in [-0.15, -0.1) is 11.8 Å². The molecular formula is C9H10BrNS. The highest BCUT2D eigenvalue weighted by molar-refractivity contribution is 9.10. The van der Waals surface area contributed by atoms with Crippen molar-refractivity contribution in [2.24, 2.45) is 0 Å². The van der Waals surface area contributed by atoms with E-state index in [1.165, 1.54) is 5.57 Å². The molecule has 0 spiro atoms. The van der Waals surface area contributed by atoms with Crippen LogP contribution in [0.4, 0.5) is 0 Å². The number of aromatic nitrogens is 1. The number of nitrogens with zero attached hydrogens (tertiary/aromatic N) is 1. The molecule has 0 atom stereocenters. The zero-order chi connectivity index (χ0) is 8.97. The van der Waals surface area contributed by atoms with Crippen LogP contribution in [0.5, 0.6) is 0 Å². The van der Waals surface area contributed by atoms with Crippen molar-refractivity contribution < 1.29 is 0 Å². The highest BCUT2D eigenvalue weighted by atomic mass is 79.9. The van der Waals surface area contributed by atoms with Crippen LogP contribution in [0.3, 0.4) is 0 Å². The first-order valence-corrected chi connectivity index (χ1v) is 5.35. The van der Waals surface area contributed by atoms with E-state index >= 15 is 0 Å². The molecule has 1 aromatic rings. The fourth-order valence-corrected chi connectivity index (χ4v) is 1.57. The maximum absolute atomic E-state index is 4.23. The first-order chi connectivity index (χ1) is 5.68. The largest absolute Gasteiger partial charge is 0.249 e. The van der Waals surface area contributed by atoms with E-state index in [9.17, 15) is 0 Å². The Morgan fingerprint density at radius 3 is 2.92 bits per heavy atom. The Morgan fingerprint density at radius 2 is 2.42 bits per heavy atom. The Hall–Kier alpha value is -0.280. The second-order valence-electron chi connectivity index (χ2n) is 2.56. The third-order valence-corrected chi connectivity index (χ3v) is 2.81. The predicted molar refractivity (Wildman–Crippen MR) is 57.5 cm³/mol. The summed E-state index contributed by atoms with van der Waals surface area (Å²) in [4.78, 5) is 4.23. The van der Waals surface area contributed by atoms with Crippen LogP contribution in [-0.4, -0.2) is 10.7 Å². The molecule has 0 fully saturated rings. The lowest BCUT2D eigenvalue weighted by Gasteiger charge is -1.99. The summed E-state index contributed by atoms with van der Waals surface area (Å²) in [5.41, 5.74) is 1.17. The van der Waals surface area contributed by atoms with Crippen molar-refractivity contribution in [2.75, 3.05) is 5.75 Å². The van der Waals surface area contributed by atoms with Gasteiger partial charge in [0.15, 0.2) is 0 Å². The average molecular weight is 244 g/mol. The van der Waals surface area contributed by atoms with E-state index in [0.29, 0.717) is 0 Å². The molecule has 0 radical (unpaired) electrons. The van der Waals surface area contributed by atoms with E-state index in [1.54, 1.807) is 18.0 Å². The minimum atomic E-state index is 0.939. The van der Waals surface area contributed by atoms with Crippen LogP contribution in [0.2, 0.25) is 0 Å². The molecule has 1 nitrogen and oxygen atoms in total. The van der Waals surface area contributed by atoms with Gasteiger partial charge >= 0.3 is 0 Å². The van der Waals surface area contributed by atoms with Crippen LogP contribution in [0.1, 0.15) is 6.92 Å². The van der Waals surface area contributed by atoms with Crippen LogP contribution in [0.15, 0.2) is 40.0 Å². The maximum atomic E-state index is 4.23. The predicted octanol–water partition coefficient (Wildman–Crippen LogP) is 3.51. The highest BCUT2D eigenvalue weighted by Gasteiger charge is 1.94. The van der Waals surface area contributed by atoms with Crippen LogP contribution in [0, 0.1) is 0 Å². The van der Waals surface area contributed by atoms with E-state index in [-0.39, 0.29) is 0 Å². The number of thioether (sulfide) groups is 1. The second kappa shape index (κ2) is 4.67. The molecule has 0 aliphatic carbocycles. The topological polar surface area (TPSA) is 12.9 Å². The summed E-state index contributed by atoms with van der Waals surface area (Å²) in [6.07, 6.45) is 1.81. The lowest BCUT2D eigenvalue weighted by Crippen LogP contribution is -1.82. The quantitative estimate of drug-likeness (QED) is 0.596. The molecule has 0 N–H and O–H groups in total. The second-order valence-corrected chi connectivity index (χ2v) is 4.47. The molecule has 0 saturated carbocycles. The van der Waals surface area contributed by atoms with Gasteiger partial charge in [-0.2, -0.15) is 0 Å². The zero-order valence-corrected chi connectivity index (χ0v) is 9.28. The number of halogens is 1. The van der Waals surface area contributed by atoms with Crippen molar-refractivity contribution in [3.63, 3.8) is 0 Å². The Balaban J connectivity index is 2.53. The summed E-state index contributed by atoms with van der Waals surface area (Å²) in [7, 11) is 0. The van der Waals surface area contributed by atoms with Crippen molar-refractivity contribution in [2.45, 2.75) is 11.9 Å². The van der Waals surface area contributed by atoms with Gasteiger partial charge in [-0.3, -0.25) is 0 Å². The van der Waals surface area contributed by atoms with Crippen LogP contribution in [0.25, 0.3) is 0 Å². The number of pyridine rings is 1. The third kappa shape index (κ3) is 3.41. The summed E-state index contributed by atoms with van der Waals surface area (Å²) >= 11 is 5.04. The van der Waals surface area contributed by atoms with Gasteiger partial charge in [0.05, 0.1) is 5.03 Å². The molecule has 0 bridgehead atoms. The van der Waals surface area contributed by atoms with Gasteiger partial charge < -0.3 is 0 Å². The highest BCUT2D eigenvalue weighted by Crippen LogP contribution is 2.18. The molecule has 1 aromatic heterocycles. The Labute approximate surface area is 85.4 Å².